The first-order chi connectivity index (χ1) is 13.6. The predicted octanol–water partition coefficient (Wildman–Crippen LogP) is 3.68. The summed E-state index contributed by atoms with van der Waals surface area (Å²) in [6, 6.07) is 9.93. The molecule has 1 aliphatic heterocycles. The lowest BCUT2D eigenvalue weighted by atomic mass is 10.1. The molecule has 1 saturated carbocycles. The Labute approximate surface area is 170 Å². The molecular weight excluding hydrogens is 348 g/mol. The van der Waals surface area contributed by atoms with Crippen LogP contribution in [0, 0.1) is 0 Å². The summed E-state index contributed by atoms with van der Waals surface area (Å²) in [4.78, 5) is 7.50. The summed E-state index contributed by atoms with van der Waals surface area (Å²) in [5, 5.41) is 7.07. The summed E-state index contributed by atoms with van der Waals surface area (Å²) in [7, 11) is 0. The molecular formula is C23H38N4O. The maximum Gasteiger partial charge on any atom is 0.191 e. The molecule has 0 bridgehead atoms. The van der Waals surface area contributed by atoms with Gasteiger partial charge in [-0.05, 0) is 51.2 Å². The number of nitrogens with one attached hydrogen (secondary N) is 2. The van der Waals surface area contributed by atoms with Crippen molar-refractivity contribution in [1.29, 1.82) is 0 Å². The number of hydrogen-bond acceptors (Lipinski definition) is 3. The fourth-order valence-corrected chi connectivity index (χ4v) is 4.19. The van der Waals surface area contributed by atoms with Crippen LogP contribution in [-0.2, 0) is 17.9 Å². The molecule has 0 aromatic heterocycles. The van der Waals surface area contributed by atoms with E-state index in [2.05, 4.69) is 60.6 Å². The first kappa shape index (κ1) is 21.1. The SMILES string of the molecule is CCNC(=NCc1ccc(COC(C)C)cc1)NC1CCN(C2CCCC2)C1. The molecule has 28 heavy (non-hydrogen) atoms. The van der Waals surface area contributed by atoms with Crippen LogP contribution in [0.2, 0.25) is 0 Å². The van der Waals surface area contributed by atoms with Gasteiger partial charge in [-0.3, -0.25) is 4.90 Å². The van der Waals surface area contributed by atoms with Gasteiger partial charge in [0.25, 0.3) is 0 Å². The van der Waals surface area contributed by atoms with Gasteiger partial charge < -0.3 is 15.4 Å². The van der Waals surface area contributed by atoms with Crippen molar-refractivity contribution in [2.75, 3.05) is 19.6 Å². The van der Waals surface area contributed by atoms with Crippen LogP contribution in [-0.4, -0.2) is 48.7 Å². The molecule has 1 saturated heterocycles. The molecule has 1 aliphatic carbocycles. The topological polar surface area (TPSA) is 48.9 Å². The van der Waals surface area contributed by atoms with E-state index in [1.165, 1.54) is 49.8 Å². The second-order valence-electron chi connectivity index (χ2n) is 8.43. The quantitative estimate of drug-likeness (QED) is 0.528. The van der Waals surface area contributed by atoms with Gasteiger partial charge in [-0.2, -0.15) is 0 Å². The molecule has 1 atom stereocenters. The van der Waals surface area contributed by atoms with E-state index in [-0.39, 0.29) is 6.10 Å². The number of benzene rings is 1. The largest absolute Gasteiger partial charge is 0.374 e. The second-order valence-corrected chi connectivity index (χ2v) is 8.43. The Kier molecular flexibility index (Phi) is 8.16. The van der Waals surface area contributed by atoms with Crippen LogP contribution in [0.25, 0.3) is 0 Å². The summed E-state index contributed by atoms with van der Waals surface area (Å²) in [6.45, 7) is 10.9. The third-order valence-corrected chi connectivity index (χ3v) is 5.77. The maximum atomic E-state index is 5.67. The van der Waals surface area contributed by atoms with E-state index in [1.54, 1.807) is 0 Å². The highest BCUT2D eigenvalue weighted by molar-refractivity contribution is 5.80. The van der Waals surface area contributed by atoms with Crippen LogP contribution in [0.4, 0.5) is 0 Å². The number of guanidine groups is 1. The predicted molar refractivity (Wildman–Crippen MR) is 117 cm³/mol. The molecule has 2 aliphatic rings. The molecule has 5 heteroatoms. The summed E-state index contributed by atoms with van der Waals surface area (Å²) >= 11 is 0. The first-order valence-electron chi connectivity index (χ1n) is 11.1. The highest BCUT2D eigenvalue weighted by atomic mass is 16.5. The van der Waals surface area contributed by atoms with Crippen molar-refractivity contribution in [2.45, 2.75) is 84.2 Å². The molecule has 5 nitrogen and oxygen atoms in total. The third kappa shape index (κ3) is 6.49. The van der Waals surface area contributed by atoms with E-state index in [1.807, 2.05) is 0 Å². The lowest BCUT2D eigenvalue weighted by Gasteiger charge is -2.24. The monoisotopic (exact) mass is 386 g/mol. The zero-order chi connectivity index (χ0) is 19.8. The highest BCUT2D eigenvalue weighted by Gasteiger charge is 2.30. The second kappa shape index (κ2) is 10.8. The number of nitrogens with zero attached hydrogens (tertiary/aromatic N) is 2. The fraction of sp³-hybridized carbons (Fsp3) is 0.696. The third-order valence-electron chi connectivity index (χ3n) is 5.77. The minimum atomic E-state index is 0.262. The van der Waals surface area contributed by atoms with Crippen molar-refractivity contribution in [3.8, 4) is 0 Å². The number of hydrogen-bond donors (Lipinski definition) is 2. The average Bonchev–Trinajstić information content (AvgIpc) is 3.37. The van der Waals surface area contributed by atoms with E-state index in [4.69, 9.17) is 9.73 Å². The Morgan fingerprint density at radius 3 is 2.54 bits per heavy atom. The summed E-state index contributed by atoms with van der Waals surface area (Å²) < 4.78 is 5.67. The zero-order valence-corrected chi connectivity index (χ0v) is 17.9. The van der Waals surface area contributed by atoms with Gasteiger partial charge in [0.05, 0.1) is 19.3 Å². The molecule has 2 fully saturated rings. The van der Waals surface area contributed by atoms with E-state index >= 15 is 0 Å². The van der Waals surface area contributed by atoms with E-state index in [9.17, 15) is 0 Å². The Morgan fingerprint density at radius 2 is 1.86 bits per heavy atom. The summed E-state index contributed by atoms with van der Waals surface area (Å²) in [6.07, 6.45) is 7.07. The minimum absolute atomic E-state index is 0.262. The van der Waals surface area contributed by atoms with Gasteiger partial charge in [-0.1, -0.05) is 37.1 Å². The van der Waals surface area contributed by atoms with Gasteiger partial charge in [-0.25, -0.2) is 4.99 Å². The van der Waals surface area contributed by atoms with Crippen molar-refractivity contribution in [3.05, 3.63) is 35.4 Å². The standard InChI is InChI=1S/C23H38N4O/c1-4-24-23(26-21-13-14-27(16-21)22-7-5-6-8-22)25-15-19-9-11-20(12-10-19)17-28-18(2)3/h9-12,18,21-22H,4-8,13-17H2,1-3H3,(H2,24,25,26). The molecule has 2 N–H and O–H groups in total. The smallest absolute Gasteiger partial charge is 0.191 e. The van der Waals surface area contributed by atoms with Crippen molar-refractivity contribution >= 4 is 5.96 Å². The normalized spacial score (nSPS) is 21.6. The van der Waals surface area contributed by atoms with Crippen molar-refractivity contribution in [1.82, 2.24) is 15.5 Å². The number of aliphatic imine (C=N–C) groups is 1. The number of ether oxygens (including phenoxy) is 1. The van der Waals surface area contributed by atoms with Crippen LogP contribution in [0.5, 0.6) is 0 Å². The Balaban J connectivity index is 1.49. The van der Waals surface area contributed by atoms with Crippen molar-refractivity contribution < 1.29 is 4.74 Å². The van der Waals surface area contributed by atoms with Crippen LogP contribution in [0.3, 0.4) is 0 Å². The summed E-state index contributed by atoms with van der Waals surface area (Å²) in [5.41, 5.74) is 2.44. The van der Waals surface area contributed by atoms with Crippen LogP contribution in [0.1, 0.15) is 64.0 Å². The molecule has 1 unspecified atom stereocenters. The van der Waals surface area contributed by atoms with Gasteiger partial charge in [0.1, 0.15) is 0 Å². The maximum absolute atomic E-state index is 5.67. The van der Waals surface area contributed by atoms with Gasteiger partial charge in [0.2, 0.25) is 0 Å². The molecule has 0 amide bonds. The lowest BCUT2D eigenvalue weighted by Crippen LogP contribution is -2.45. The fourth-order valence-electron chi connectivity index (χ4n) is 4.19. The molecule has 0 radical (unpaired) electrons. The van der Waals surface area contributed by atoms with Crippen LogP contribution >= 0.6 is 0 Å². The molecule has 3 rings (SSSR count). The molecule has 0 spiro atoms. The number of rotatable bonds is 8. The van der Waals surface area contributed by atoms with Gasteiger partial charge in [0, 0.05) is 31.7 Å². The zero-order valence-electron chi connectivity index (χ0n) is 17.9. The Hall–Kier alpha value is -1.59. The van der Waals surface area contributed by atoms with Gasteiger partial charge in [-0.15, -0.1) is 0 Å². The molecule has 1 aromatic carbocycles. The van der Waals surface area contributed by atoms with Crippen molar-refractivity contribution in [2.24, 2.45) is 4.99 Å². The van der Waals surface area contributed by atoms with Gasteiger partial charge >= 0.3 is 0 Å². The van der Waals surface area contributed by atoms with Crippen molar-refractivity contribution in [3.63, 3.8) is 0 Å². The first-order valence-corrected chi connectivity index (χ1v) is 11.1. The number of likely N-dealkylation sites (tertiary alicyclic amines) is 1. The summed E-state index contributed by atoms with van der Waals surface area (Å²) in [5.74, 6) is 0.938. The Morgan fingerprint density at radius 1 is 1.14 bits per heavy atom. The van der Waals surface area contributed by atoms with E-state index in [0.29, 0.717) is 19.2 Å². The lowest BCUT2D eigenvalue weighted by molar-refractivity contribution is 0.0657. The molecule has 1 heterocycles. The minimum Gasteiger partial charge on any atom is -0.374 e. The van der Waals surface area contributed by atoms with E-state index < -0.39 is 0 Å². The van der Waals surface area contributed by atoms with Gasteiger partial charge in [0.15, 0.2) is 5.96 Å². The molecule has 156 valence electrons. The highest BCUT2D eigenvalue weighted by Crippen LogP contribution is 2.26. The average molecular weight is 387 g/mol. The van der Waals surface area contributed by atoms with Crippen LogP contribution < -0.4 is 10.6 Å². The Bertz CT molecular complexity index is 608. The molecule has 1 aromatic rings. The van der Waals surface area contributed by atoms with Crippen LogP contribution in [0.15, 0.2) is 29.3 Å². The van der Waals surface area contributed by atoms with E-state index in [0.717, 1.165) is 25.1 Å².